The van der Waals surface area contributed by atoms with Gasteiger partial charge in [0, 0.05) is 13.1 Å². The maximum absolute atomic E-state index is 5.66. The fraction of sp³-hybridized carbons (Fsp3) is 0.562. The van der Waals surface area contributed by atoms with Crippen LogP contribution in [0.1, 0.15) is 26.7 Å². The van der Waals surface area contributed by atoms with Gasteiger partial charge in [-0.1, -0.05) is 13.3 Å². The van der Waals surface area contributed by atoms with Gasteiger partial charge in [-0.05, 0) is 37.6 Å². The minimum atomic E-state index is 0.588. The number of ether oxygens (including phenoxy) is 2. The topological polar surface area (TPSA) is 54.9 Å². The van der Waals surface area contributed by atoms with E-state index >= 15 is 0 Å². The molecule has 0 bridgehead atoms. The molecule has 0 aliphatic heterocycles. The number of guanidine groups is 1. The first-order chi connectivity index (χ1) is 10.3. The molecule has 1 aromatic carbocycles. The lowest BCUT2D eigenvalue weighted by atomic mass is 10.3. The van der Waals surface area contributed by atoms with Crippen LogP contribution in [0, 0.1) is 0 Å². The molecule has 5 nitrogen and oxygen atoms in total. The second-order valence-corrected chi connectivity index (χ2v) is 4.56. The first-order valence-corrected chi connectivity index (χ1v) is 7.59. The Hall–Kier alpha value is -1.91. The van der Waals surface area contributed by atoms with Gasteiger partial charge < -0.3 is 20.1 Å². The van der Waals surface area contributed by atoms with Crippen LogP contribution >= 0.6 is 0 Å². The molecular formula is C16H27N3O2. The Morgan fingerprint density at radius 2 is 1.81 bits per heavy atom. The van der Waals surface area contributed by atoms with Crippen LogP contribution < -0.4 is 20.1 Å². The van der Waals surface area contributed by atoms with Crippen molar-refractivity contribution in [3.05, 3.63) is 24.3 Å². The van der Waals surface area contributed by atoms with Crippen molar-refractivity contribution >= 4 is 5.96 Å². The third-order valence-electron chi connectivity index (χ3n) is 2.85. The normalized spacial score (nSPS) is 11.1. The maximum atomic E-state index is 5.66. The molecule has 21 heavy (non-hydrogen) atoms. The highest BCUT2D eigenvalue weighted by atomic mass is 16.5. The van der Waals surface area contributed by atoms with Gasteiger partial charge in [0.05, 0.1) is 13.7 Å². The second kappa shape index (κ2) is 10.8. The van der Waals surface area contributed by atoms with Gasteiger partial charge in [0.1, 0.15) is 18.1 Å². The summed E-state index contributed by atoms with van der Waals surface area (Å²) in [5, 5.41) is 6.48. The Labute approximate surface area is 127 Å². The highest BCUT2D eigenvalue weighted by molar-refractivity contribution is 5.79. The SMILES string of the molecule is CCCCN=C(NCC)NCCOc1ccc(OC)cc1. The molecule has 1 rings (SSSR count). The highest BCUT2D eigenvalue weighted by Gasteiger charge is 1.98. The standard InChI is InChI=1S/C16H27N3O2/c1-4-6-11-18-16(17-5-2)19-12-13-21-15-9-7-14(20-3)8-10-15/h7-10H,4-6,11-13H2,1-3H3,(H2,17,18,19). The van der Waals surface area contributed by atoms with E-state index in [4.69, 9.17) is 9.47 Å². The van der Waals surface area contributed by atoms with Gasteiger partial charge in [0.2, 0.25) is 0 Å². The lowest BCUT2D eigenvalue weighted by Crippen LogP contribution is -2.39. The number of rotatable bonds is 9. The molecule has 0 radical (unpaired) electrons. The summed E-state index contributed by atoms with van der Waals surface area (Å²) in [6.45, 7) is 7.24. The molecule has 0 fully saturated rings. The number of nitrogens with one attached hydrogen (secondary N) is 2. The number of aliphatic imine (C=N–C) groups is 1. The van der Waals surface area contributed by atoms with E-state index in [0.29, 0.717) is 13.2 Å². The number of methoxy groups -OCH3 is 1. The van der Waals surface area contributed by atoms with E-state index in [2.05, 4.69) is 29.5 Å². The van der Waals surface area contributed by atoms with Gasteiger partial charge in [-0.2, -0.15) is 0 Å². The average Bonchev–Trinajstić information content (AvgIpc) is 2.52. The Morgan fingerprint density at radius 1 is 1.10 bits per heavy atom. The average molecular weight is 293 g/mol. The van der Waals surface area contributed by atoms with Crippen molar-refractivity contribution in [1.29, 1.82) is 0 Å². The van der Waals surface area contributed by atoms with Gasteiger partial charge >= 0.3 is 0 Å². The van der Waals surface area contributed by atoms with Crippen molar-refractivity contribution < 1.29 is 9.47 Å². The van der Waals surface area contributed by atoms with E-state index in [0.717, 1.165) is 43.4 Å². The van der Waals surface area contributed by atoms with E-state index in [1.165, 1.54) is 0 Å². The van der Waals surface area contributed by atoms with Crippen LogP contribution in [0.3, 0.4) is 0 Å². The van der Waals surface area contributed by atoms with Crippen molar-refractivity contribution in [3.63, 3.8) is 0 Å². The summed E-state index contributed by atoms with van der Waals surface area (Å²) >= 11 is 0. The molecule has 0 heterocycles. The maximum Gasteiger partial charge on any atom is 0.191 e. The molecule has 0 spiro atoms. The largest absolute Gasteiger partial charge is 0.497 e. The summed E-state index contributed by atoms with van der Waals surface area (Å²) in [6.07, 6.45) is 2.27. The Balaban J connectivity index is 2.27. The van der Waals surface area contributed by atoms with Crippen molar-refractivity contribution in [2.24, 2.45) is 4.99 Å². The first-order valence-electron chi connectivity index (χ1n) is 7.59. The van der Waals surface area contributed by atoms with Gasteiger partial charge in [-0.15, -0.1) is 0 Å². The predicted octanol–water partition coefficient (Wildman–Crippen LogP) is 2.43. The van der Waals surface area contributed by atoms with Gasteiger partial charge in [0.25, 0.3) is 0 Å². The predicted molar refractivity (Wildman–Crippen MR) is 87.4 cm³/mol. The molecule has 0 amide bonds. The number of unbranched alkanes of at least 4 members (excludes halogenated alkanes) is 1. The third-order valence-corrected chi connectivity index (χ3v) is 2.85. The fourth-order valence-corrected chi connectivity index (χ4v) is 1.70. The van der Waals surface area contributed by atoms with Crippen LogP contribution in [-0.4, -0.2) is 39.3 Å². The zero-order valence-electron chi connectivity index (χ0n) is 13.3. The zero-order valence-corrected chi connectivity index (χ0v) is 13.3. The molecule has 0 atom stereocenters. The van der Waals surface area contributed by atoms with E-state index < -0.39 is 0 Å². The van der Waals surface area contributed by atoms with E-state index in [9.17, 15) is 0 Å². The number of nitrogens with zero attached hydrogens (tertiary/aromatic N) is 1. The minimum absolute atomic E-state index is 0.588. The Morgan fingerprint density at radius 3 is 2.43 bits per heavy atom. The summed E-state index contributed by atoms with van der Waals surface area (Å²) < 4.78 is 10.8. The van der Waals surface area contributed by atoms with E-state index in [1.807, 2.05) is 24.3 Å². The quantitative estimate of drug-likeness (QED) is 0.417. The molecule has 1 aromatic rings. The highest BCUT2D eigenvalue weighted by Crippen LogP contribution is 2.16. The van der Waals surface area contributed by atoms with Gasteiger partial charge in [-0.3, -0.25) is 4.99 Å². The lowest BCUT2D eigenvalue weighted by molar-refractivity contribution is 0.321. The van der Waals surface area contributed by atoms with Crippen molar-refractivity contribution in [3.8, 4) is 11.5 Å². The minimum Gasteiger partial charge on any atom is -0.497 e. The summed E-state index contributed by atoms with van der Waals surface area (Å²) in [7, 11) is 1.65. The Bertz CT molecular complexity index is 404. The fourth-order valence-electron chi connectivity index (χ4n) is 1.70. The van der Waals surface area contributed by atoms with Crippen LogP contribution in [0.15, 0.2) is 29.3 Å². The molecule has 0 aliphatic rings. The number of hydrogen-bond acceptors (Lipinski definition) is 3. The molecule has 2 N–H and O–H groups in total. The molecule has 0 aliphatic carbocycles. The van der Waals surface area contributed by atoms with Crippen molar-refractivity contribution in [2.45, 2.75) is 26.7 Å². The monoisotopic (exact) mass is 293 g/mol. The van der Waals surface area contributed by atoms with Gasteiger partial charge in [0.15, 0.2) is 5.96 Å². The summed E-state index contributed by atoms with van der Waals surface area (Å²) in [5.41, 5.74) is 0. The second-order valence-electron chi connectivity index (χ2n) is 4.56. The summed E-state index contributed by atoms with van der Waals surface area (Å²) in [5.74, 6) is 2.52. The summed E-state index contributed by atoms with van der Waals surface area (Å²) in [4.78, 5) is 4.49. The van der Waals surface area contributed by atoms with Crippen LogP contribution in [0.25, 0.3) is 0 Å². The molecule has 5 heteroatoms. The molecular weight excluding hydrogens is 266 g/mol. The van der Waals surface area contributed by atoms with Crippen molar-refractivity contribution in [2.75, 3.05) is 33.4 Å². The van der Waals surface area contributed by atoms with Crippen molar-refractivity contribution in [1.82, 2.24) is 10.6 Å². The van der Waals surface area contributed by atoms with Crippen LogP contribution in [0.4, 0.5) is 0 Å². The number of hydrogen-bond donors (Lipinski definition) is 2. The summed E-state index contributed by atoms with van der Waals surface area (Å²) in [6, 6.07) is 7.58. The molecule has 118 valence electrons. The lowest BCUT2D eigenvalue weighted by Gasteiger charge is -2.12. The first kappa shape index (κ1) is 17.1. The zero-order chi connectivity index (χ0) is 15.3. The van der Waals surface area contributed by atoms with E-state index in [1.54, 1.807) is 7.11 Å². The van der Waals surface area contributed by atoms with Crippen LogP contribution in [0.2, 0.25) is 0 Å². The van der Waals surface area contributed by atoms with Crippen LogP contribution in [-0.2, 0) is 0 Å². The molecule has 0 saturated heterocycles. The smallest absolute Gasteiger partial charge is 0.191 e. The van der Waals surface area contributed by atoms with Gasteiger partial charge in [-0.25, -0.2) is 0 Å². The molecule has 0 aromatic heterocycles. The van der Waals surface area contributed by atoms with Crippen LogP contribution in [0.5, 0.6) is 11.5 Å². The number of benzene rings is 1. The molecule has 0 unspecified atom stereocenters. The van der Waals surface area contributed by atoms with E-state index in [-0.39, 0.29) is 0 Å². The molecule has 0 saturated carbocycles. The third kappa shape index (κ3) is 7.44. The Kier molecular flexibility index (Phi) is 8.84.